The Balaban J connectivity index is 2.74. The summed E-state index contributed by atoms with van der Waals surface area (Å²) >= 11 is 0. The maximum absolute atomic E-state index is 11.7. The molecule has 0 bridgehead atoms. The molecule has 0 aliphatic carbocycles. The number of halogens is 1. The highest BCUT2D eigenvalue weighted by Gasteiger charge is 1.99. The molecule has 0 spiro atoms. The van der Waals surface area contributed by atoms with Crippen LogP contribution in [0.25, 0.3) is 0 Å². The highest BCUT2D eigenvalue weighted by atomic mass is 19.1. The number of alkyl halides is 1. The second kappa shape index (κ2) is 2.59. The van der Waals surface area contributed by atoms with Crippen LogP contribution in [-0.4, -0.2) is 10.3 Å². The van der Waals surface area contributed by atoms with Gasteiger partial charge < -0.3 is 9.63 Å². The van der Waals surface area contributed by atoms with Crippen LogP contribution in [0.5, 0.6) is 0 Å². The molecule has 0 radical (unpaired) electrons. The van der Waals surface area contributed by atoms with E-state index in [0.29, 0.717) is 5.69 Å². The summed E-state index contributed by atoms with van der Waals surface area (Å²) in [7, 11) is 0. The Bertz CT molecular complexity index is 168. The molecule has 0 saturated carbocycles. The molecule has 0 aliphatic rings. The molecule has 0 amide bonds. The van der Waals surface area contributed by atoms with Gasteiger partial charge in [0.1, 0.15) is 12.4 Å². The van der Waals surface area contributed by atoms with Crippen LogP contribution in [0.3, 0.4) is 0 Å². The van der Waals surface area contributed by atoms with Crippen LogP contribution in [0.2, 0.25) is 0 Å². The van der Waals surface area contributed by atoms with Crippen LogP contribution in [0.4, 0.5) is 4.39 Å². The summed E-state index contributed by atoms with van der Waals surface area (Å²) in [6, 6.07) is 1.38. The van der Waals surface area contributed by atoms with Crippen molar-refractivity contribution >= 4 is 0 Å². The van der Waals surface area contributed by atoms with Crippen LogP contribution in [0, 0.1) is 0 Å². The summed E-state index contributed by atoms with van der Waals surface area (Å²) in [6.45, 7) is -0.878. The van der Waals surface area contributed by atoms with Crippen molar-refractivity contribution in [2.24, 2.45) is 0 Å². The Labute approximate surface area is 51.1 Å². The second-order valence-electron chi connectivity index (χ2n) is 1.58. The standard InChI is InChI=1S/C5H6FNO2/c6-2-5-1-4(3-8)7-9-5/h1,8H,2-3H2. The molecule has 0 fully saturated rings. The zero-order chi connectivity index (χ0) is 6.69. The molecule has 1 N–H and O–H groups in total. The Morgan fingerprint density at radius 3 is 2.89 bits per heavy atom. The van der Waals surface area contributed by atoms with Crippen LogP contribution < -0.4 is 0 Å². The molecule has 9 heavy (non-hydrogen) atoms. The molecule has 1 aromatic rings. The van der Waals surface area contributed by atoms with E-state index in [1.165, 1.54) is 6.07 Å². The Kier molecular flexibility index (Phi) is 1.79. The predicted octanol–water partition coefficient (Wildman–Crippen LogP) is 0.636. The summed E-state index contributed by atoms with van der Waals surface area (Å²) in [5.74, 6) is 0.152. The van der Waals surface area contributed by atoms with E-state index in [9.17, 15) is 4.39 Å². The van der Waals surface area contributed by atoms with Crippen molar-refractivity contribution < 1.29 is 14.0 Å². The fourth-order valence-corrected chi connectivity index (χ4v) is 0.493. The Morgan fingerprint density at radius 1 is 1.78 bits per heavy atom. The average Bonchev–Trinajstić information content (AvgIpc) is 2.34. The van der Waals surface area contributed by atoms with Crippen molar-refractivity contribution in [2.45, 2.75) is 13.3 Å². The summed E-state index contributed by atoms with van der Waals surface area (Å²) in [4.78, 5) is 0. The van der Waals surface area contributed by atoms with Crippen molar-refractivity contribution in [1.29, 1.82) is 0 Å². The number of hydrogen-bond donors (Lipinski definition) is 1. The topological polar surface area (TPSA) is 46.3 Å². The van der Waals surface area contributed by atoms with E-state index < -0.39 is 6.67 Å². The van der Waals surface area contributed by atoms with E-state index in [1.807, 2.05) is 0 Å². The molecule has 0 aromatic carbocycles. The predicted molar refractivity (Wildman–Crippen MR) is 27.2 cm³/mol. The lowest BCUT2D eigenvalue weighted by Crippen LogP contribution is -1.78. The van der Waals surface area contributed by atoms with E-state index in [4.69, 9.17) is 5.11 Å². The minimum absolute atomic E-state index is 0.152. The molecule has 0 aliphatic heterocycles. The Hall–Kier alpha value is -0.900. The molecule has 0 unspecified atom stereocenters. The molecule has 1 rings (SSSR count). The van der Waals surface area contributed by atoms with Gasteiger partial charge in [-0.15, -0.1) is 0 Å². The normalized spacial score (nSPS) is 10.0. The summed E-state index contributed by atoms with van der Waals surface area (Å²) in [5, 5.41) is 11.7. The Morgan fingerprint density at radius 2 is 2.56 bits per heavy atom. The van der Waals surface area contributed by atoms with E-state index in [-0.39, 0.29) is 12.4 Å². The number of aromatic nitrogens is 1. The molecule has 0 saturated heterocycles. The van der Waals surface area contributed by atoms with Crippen molar-refractivity contribution in [2.75, 3.05) is 0 Å². The molecule has 1 heterocycles. The van der Waals surface area contributed by atoms with Crippen molar-refractivity contribution in [3.63, 3.8) is 0 Å². The highest BCUT2D eigenvalue weighted by Crippen LogP contribution is 2.03. The second-order valence-corrected chi connectivity index (χ2v) is 1.58. The summed E-state index contributed by atoms with van der Waals surface area (Å²) in [5.41, 5.74) is 0.364. The van der Waals surface area contributed by atoms with E-state index in [1.54, 1.807) is 0 Å². The van der Waals surface area contributed by atoms with Gasteiger partial charge in [0.15, 0.2) is 5.76 Å². The zero-order valence-electron chi connectivity index (χ0n) is 4.67. The smallest absolute Gasteiger partial charge is 0.168 e. The first kappa shape index (κ1) is 6.22. The van der Waals surface area contributed by atoms with Gasteiger partial charge in [-0.1, -0.05) is 5.16 Å². The van der Waals surface area contributed by atoms with E-state index >= 15 is 0 Å². The number of rotatable bonds is 2. The lowest BCUT2D eigenvalue weighted by atomic mass is 10.4. The minimum Gasteiger partial charge on any atom is -0.390 e. The average molecular weight is 131 g/mol. The zero-order valence-corrected chi connectivity index (χ0v) is 4.67. The number of aliphatic hydroxyl groups excluding tert-OH is 1. The largest absolute Gasteiger partial charge is 0.390 e. The lowest BCUT2D eigenvalue weighted by Gasteiger charge is -1.76. The third-order valence-corrected chi connectivity index (χ3v) is 0.901. The molecular formula is C5H6FNO2. The summed E-state index contributed by atoms with van der Waals surface area (Å²) in [6.07, 6.45) is 0. The molecule has 3 nitrogen and oxygen atoms in total. The van der Waals surface area contributed by atoms with Crippen LogP contribution in [-0.2, 0) is 13.3 Å². The maximum atomic E-state index is 11.7. The third kappa shape index (κ3) is 1.26. The van der Waals surface area contributed by atoms with Gasteiger partial charge in [-0.05, 0) is 0 Å². The number of hydrogen-bond acceptors (Lipinski definition) is 3. The lowest BCUT2D eigenvalue weighted by molar-refractivity contribution is 0.262. The van der Waals surface area contributed by atoms with Crippen LogP contribution >= 0.6 is 0 Å². The van der Waals surface area contributed by atoms with Crippen molar-refractivity contribution in [3.05, 3.63) is 17.5 Å². The first-order chi connectivity index (χ1) is 4.36. The van der Waals surface area contributed by atoms with E-state index in [2.05, 4.69) is 9.68 Å². The van der Waals surface area contributed by atoms with Crippen molar-refractivity contribution in [3.8, 4) is 0 Å². The molecule has 1 aromatic heterocycles. The van der Waals surface area contributed by atoms with Gasteiger partial charge in [0, 0.05) is 6.07 Å². The first-order valence-corrected chi connectivity index (χ1v) is 2.48. The fraction of sp³-hybridized carbons (Fsp3) is 0.400. The molecular weight excluding hydrogens is 125 g/mol. The van der Waals surface area contributed by atoms with Gasteiger partial charge in [-0.2, -0.15) is 0 Å². The minimum atomic E-state index is -0.674. The third-order valence-electron chi connectivity index (χ3n) is 0.901. The van der Waals surface area contributed by atoms with Gasteiger partial charge in [-0.3, -0.25) is 0 Å². The highest BCUT2D eigenvalue weighted by molar-refractivity contribution is 5.02. The maximum Gasteiger partial charge on any atom is 0.168 e. The molecule has 50 valence electrons. The van der Waals surface area contributed by atoms with Gasteiger partial charge in [-0.25, -0.2) is 4.39 Å². The van der Waals surface area contributed by atoms with E-state index in [0.717, 1.165) is 0 Å². The fourth-order valence-electron chi connectivity index (χ4n) is 0.493. The summed E-state index contributed by atoms with van der Waals surface area (Å²) < 4.78 is 16.1. The number of nitrogens with zero attached hydrogens (tertiary/aromatic N) is 1. The molecule has 0 atom stereocenters. The van der Waals surface area contributed by atoms with Crippen LogP contribution in [0.15, 0.2) is 10.6 Å². The van der Waals surface area contributed by atoms with Gasteiger partial charge in [0.2, 0.25) is 0 Å². The first-order valence-electron chi connectivity index (χ1n) is 2.48. The SMILES string of the molecule is OCc1cc(CF)on1. The monoisotopic (exact) mass is 131 g/mol. The molecule has 4 heteroatoms. The quantitative estimate of drug-likeness (QED) is 0.640. The van der Waals surface area contributed by atoms with Crippen LogP contribution in [0.1, 0.15) is 11.5 Å². The van der Waals surface area contributed by atoms with Gasteiger partial charge >= 0.3 is 0 Å². The van der Waals surface area contributed by atoms with Gasteiger partial charge in [0.05, 0.1) is 6.61 Å². The van der Waals surface area contributed by atoms with Gasteiger partial charge in [0.25, 0.3) is 0 Å². The van der Waals surface area contributed by atoms with Crippen molar-refractivity contribution in [1.82, 2.24) is 5.16 Å². The number of aliphatic hydroxyl groups is 1.